The van der Waals surface area contributed by atoms with Gasteiger partial charge in [0.1, 0.15) is 13.2 Å². The van der Waals surface area contributed by atoms with E-state index in [-0.39, 0.29) is 0 Å². The van der Waals surface area contributed by atoms with Gasteiger partial charge in [-0.1, -0.05) is 30.4 Å². The molecule has 0 fully saturated rings. The van der Waals surface area contributed by atoms with Crippen molar-refractivity contribution < 1.29 is 33.5 Å². The quantitative estimate of drug-likeness (QED) is 0.771. The van der Waals surface area contributed by atoms with E-state index in [1.54, 1.807) is 24.3 Å². The van der Waals surface area contributed by atoms with Crippen molar-refractivity contribution in [1.82, 2.24) is 0 Å². The SMILES string of the molecule is C/C=C/C=C/C(O)c1ccc2c(c1)OCCOCCOCCOCCOCCO2. The average Bonchev–Trinajstić information content (AvgIpc) is 2.73. The maximum atomic E-state index is 10.3. The van der Waals surface area contributed by atoms with Crippen LogP contribution in [0.4, 0.5) is 0 Å². The zero-order valence-electron chi connectivity index (χ0n) is 17.1. The number of fused-ring (bicyclic) bond motifs is 1. The van der Waals surface area contributed by atoms with Gasteiger partial charge in [-0.2, -0.15) is 0 Å². The molecule has 2 rings (SSSR count). The monoisotopic (exact) mass is 408 g/mol. The predicted octanol–water partition coefficient (Wildman–Crippen LogP) is 2.69. The summed E-state index contributed by atoms with van der Waals surface area (Å²) >= 11 is 0. The van der Waals surface area contributed by atoms with Crippen molar-refractivity contribution in [2.45, 2.75) is 13.0 Å². The molecule has 1 aromatic carbocycles. The van der Waals surface area contributed by atoms with Crippen molar-refractivity contribution in [3.63, 3.8) is 0 Å². The van der Waals surface area contributed by atoms with E-state index in [1.807, 2.05) is 25.1 Å². The smallest absolute Gasteiger partial charge is 0.161 e. The van der Waals surface area contributed by atoms with Gasteiger partial charge >= 0.3 is 0 Å². The summed E-state index contributed by atoms with van der Waals surface area (Å²) in [6.07, 6.45) is 6.55. The van der Waals surface area contributed by atoms with Gasteiger partial charge in [0, 0.05) is 0 Å². The molecule has 0 saturated heterocycles. The molecule has 7 nitrogen and oxygen atoms in total. The second kappa shape index (κ2) is 15.0. The number of allylic oxidation sites excluding steroid dienone is 3. The van der Waals surface area contributed by atoms with Crippen LogP contribution in [0.15, 0.2) is 42.5 Å². The Morgan fingerprint density at radius 3 is 1.79 bits per heavy atom. The lowest BCUT2D eigenvalue weighted by Gasteiger charge is -2.16. The maximum absolute atomic E-state index is 10.3. The highest BCUT2D eigenvalue weighted by Gasteiger charge is 2.11. The number of benzene rings is 1. The fraction of sp³-hybridized carbons (Fsp3) is 0.545. The second-order valence-corrected chi connectivity index (χ2v) is 6.21. The Kier molecular flexibility index (Phi) is 12.1. The van der Waals surface area contributed by atoms with Crippen LogP contribution in [0.2, 0.25) is 0 Å². The molecule has 1 aromatic rings. The first-order valence-corrected chi connectivity index (χ1v) is 9.99. The summed E-state index contributed by atoms with van der Waals surface area (Å²) in [5.41, 5.74) is 0.720. The van der Waals surface area contributed by atoms with Gasteiger partial charge in [-0.05, 0) is 24.6 Å². The molecule has 0 aromatic heterocycles. The van der Waals surface area contributed by atoms with Gasteiger partial charge in [-0.25, -0.2) is 0 Å². The van der Waals surface area contributed by atoms with E-state index in [0.29, 0.717) is 77.6 Å². The van der Waals surface area contributed by atoms with E-state index in [0.717, 1.165) is 5.56 Å². The van der Waals surface area contributed by atoms with Crippen molar-refractivity contribution in [1.29, 1.82) is 0 Å². The van der Waals surface area contributed by atoms with Crippen LogP contribution >= 0.6 is 0 Å². The molecule has 162 valence electrons. The van der Waals surface area contributed by atoms with Gasteiger partial charge in [0.25, 0.3) is 0 Å². The van der Waals surface area contributed by atoms with Crippen LogP contribution in [0.5, 0.6) is 11.5 Å². The summed E-state index contributed by atoms with van der Waals surface area (Å²) in [5.74, 6) is 1.16. The molecule has 0 saturated carbocycles. The molecule has 0 radical (unpaired) electrons. The molecular formula is C22H32O7. The minimum atomic E-state index is -0.732. The van der Waals surface area contributed by atoms with Gasteiger partial charge in [0.2, 0.25) is 0 Å². The highest BCUT2D eigenvalue weighted by molar-refractivity contribution is 5.44. The van der Waals surface area contributed by atoms with Gasteiger partial charge in [0.15, 0.2) is 11.5 Å². The Balaban J connectivity index is 1.99. The summed E-state index contributed by atoms with van der Waals surface area (Å²) in [5, 5.41) is 10.3. The predicted molar refractivity (Wildman–Crippen MR) is 110 cm³/mol. The molecule has 1 unspecified atom stereocenters. The maximum Gasteiger partial charge on any atom is 0.161 e. The minimum absolute atomic E-state index is 0.365. The molecule has 1 aliphatic rings. The third kappa shape index (κ3) is 9.92. The first-order chi connectivity index (χ1) is 14.3. The number of aliphatic hydroxyl groups is 1. The van der Waals surface area contributed by atoms with Crippen LogP contribution in [0.25, 0.3) is 0 Å². The van der Waals surface area contributed by atoms with E-state index in [9.17, 15) is 5.11 Å². The van der Waals surface area contributed by atoms with Gasteiger partial charge in [-0.15, -0.1) is 0 Å². The highest BCUT2D eigenvalue weighted by Crippen LogP contribution is 2.31. The molecule has 7 heteroatoms. The number of hydrogen-bond acceptors (Lipinski definition) is 7. The number of rotatable bonds is 3. The van der Waals surface area contributed by atoms with Crippen LogP contribution in [0.1, 0.15) is 18.6 Å². The topological polar surface area (TPSA) is 75.6 Å². The van der Waals surface area contributed by atoms with E-state index >= 15 is 0 Å². The second-order valence-electron chi connectivity index (χ2n) is 6.21. The Morgan fingerprint density at radius 2 is 1.24 bits per heavy atom. The standard InChI is InChI=1S/C22H32O7/c1-2-3-4-5-20(23)19-6-7-21-22(18-19)29-17-15-27-13-11-25-9-8-24-10-12-26-14-16-28-21/h2-7,18,20,23H,8-17H2,1H3/b3-2+,5-4+. The summed E-state index contributed by atoms with van der Waals surface area (Å²) < 4.78 is 33.5. The average molecular weight is 408 g/mol. The van der Waals surface area contributed by atoms with Crippen LogP contribution < -0.4 is 9.47 Å². The number of aliphatic hydroxyl groups excluding tert-OH is 1. The van der Waals surface area contributed by atoms with Gasteiger partial charge in [0.05, 0.1) is 59.0 Å². The molecule has 1 aliphatic heterocycles. The summed E-state index contributed by atoms with van der Waals surface area (Å²) in [6.45, 7) is 6.63. The molecule has 0 spiro atoms. The zero-order chi connectivity index (χ0) is 20.6. The van der Waals surface area contributed by atoms with Gasteiger partial charge in [-0.3, -0.25) is 0 Å². The summed E-state index contributed by atoms with van der Waals surface area (Å²) in [6, 6.07) is 5.41. The van der Waals surface area contributed by atoms with Crippen molar-refractivity contribution in [3.8, 4) is 11.5 Å². The molecule has 29 heavy (non-hydrogen) atoms. The Bertz CT molecular complexity index is 615. The minimum Gasteiger partial charge on any atom is -0.487 e. The normalized spacial score (nSPS) is 19.7. The first kappa shape index (κ1) is 23.4. The third-order valence-corrected chi connectivity index (χ3v) is 3.99. The molecule has 1 N–H and O–H groups in total. The van der Waals surface area contributed by atoms with Crippen molar-refractivity contribution in [3.05, 3.63) is 48.1 Å². The molecular weight excluding hydrogens is 376 g/mol. The van der Waals surface area contributed by atoms with E-state index in [2.05, 4.69) is 0 Å². The van der Waals surface area contributed by atoms with Crippen molar-refractivity contribution >= 4 is 0 Å². The lowest BCUT2D eigenvalue weighted by atomic mass is 10.1. The van der Waals surface area contributed by atoms with E-state index in [4.69, 9.17) is 28.4 Å². The van der Waals surface area contributed by atoms with Crippen LogP contribution in [0.3, 0.4) is 0 Å². The number of ether oxygens (including phenoxy) is 6. The highest BCUT2D eigenvalue weighted by atomic mass is 16.6. The number of hydrogen-bond donors (Lipinski definition) is 1. The van der Waals surface area contributed by atoms with Crippen LogP contribution in [-0.4, -0.2) is 71.2 Å². The zero-order valence-corrected chi connectivity index (χ0v) is 17.1. The third-order valence-electron chi connectivity index (χ3n) is 3.99. The molecule has 1 heterocycles. The lowest BCUT2D eigenvalue weighted by molar-refractivity contribution is -0.00842. The van der Waals surface area contributed by atoms with Crippen LogP contribution in [0, 0.1) is 0 Å². The van der Waals surface area contributed by atoms with Crippen molar-refractivity contribution in [2.24, 2.45) is 0 Å². The molecule has 0 amide bonds. The lowest BCUT2D eigenvalue weighted by Crippen LogP contribution is -2.16. The molecule has 1 atom stereocenters. The van der Waals surface area contributed by atoms with E-state index in [1.165, 1.54) is 0 Å². The molecule has 0 bridgehead atoms. The fourth-order valence-corrected chi connectivity index (χ4v) is 2.52. The largest absolute Gasteiger partial charge is 0.487 e. The summed E-state index contributed by atoms with van der Waals surface area (Å²) in [4.78, 5) is 0. The summed E-state index contributed by atoms with van der Waals surface area (Å²) in [7, 11) is 0. The van der Waals surface area contributed by atoms with Crippen molar-refractivity contribution in [2.75, 3.05) is 66.1 Å². The fourth-order valence-electron chi connectivity index (χ4n) is 2.52. The molecule has 0 aliphatic carbocycles. The first-order valence-electron chi connectivity index (χ1n) is 9.99. The Labute approximate surface area is 172 Å². The van der Waals surface area contributed by atoms with E-state index < -0.39 is 6.10 Å². The Morgan fingerprint density at radius 1 is 0.724 bits per heavy atom. The van der Waals surface area contributed by atoms with Crippen LogP contribution in [-0.2, 0) is 18.9 Å². The van der Waals surface area contributed by atoms with Gasteiger partial charge < -0.3 is 33.5 Å². The Hall–Kier alpha value is -1.90.